The summed E-state index contributed by atoms with van der Waals surface area (Å²) >= 11 is 1.39. The highest BCUT2D eigenvalue weighted by molar-refractivity contribution is 7.07. The third-order valence-corrected chi connectivity index (χ3v) is 3.48. The van der Waals surface area contributed by atoms with Crippen LogP contribution in [0.3, 0.4) is 0 Å². The number of nitrogens with one attached hydrogen (secondary N) is 1. The van der Waals surface area contributed by atoms with Crippen LogP contribution in [0.5, 0.6) is 5.75 Å². The normalized spacial score (nSPS) is 11.9. The van der Waals surface area contributed by atoms with Crippen molar-refractivity contribution in [2.45, 2.75) is 13.0 Å². The summed E-state index contributed by atoms with van der Waals surface area (Å²) in [4.78, 5) is 16.1. The standard InChI is InChI=1S/C15H18N2O3S/c1-3-20-12-6-4-11(5-7-12)13(8-19-2)17-15(18)14-9-21-10-16-14/h4-7,9-10,13H,3,8H2,1-2H3,(H,17,18)/t13-/m1/s1. The number of hydrogen-bond acceptors (Lipinski definition) is 5. The van der Waals surface area contributed by atoms with Crippen molar-refractivity contribution in [3.8, 4) is 5.75 Å². The van der Waals surface area contributed by atoms with Crippen molar-refractivity contribution in [3.63, 3.8) is 0 Å². The molecular weight excluding hydrogens is 288 g/mol. The molecule has 5 nitrogen and oxygen atoms in total. The Hall–Kier alpha value is -1.92. The maximum absolute atomic E-state index is 12.1. The monoisotopic (exact) mass is 306 g/mol. The lowest BCUT2D eigenvalue weighted by atomic mass is 10.1. The van der Waals surface area contributed by atoms with Crippen molar-refractivity contribution in [2.24, 2.45) is 0 Å². The molecule has 0 spiro atoms. The van der Waals surface area contributed by atoms with Crippen molar-refractivity contribution in [3.05, 3.63) is 46.4 Å². The Bertz CT molecular complexity index is 555. The molecule has 1 atom stereocenters. The van der Waals surface area contributed by atoms with Gasteiger partial charge in [-0.05, 0) is 24.6 Å². The van der Waals surface area contributed by atoms with Crippen LogP contribution in [0.4, 0.5) is 0 Å². The van der Waals surface area contributed by atoms with Crippen LogP contribution < -0.4 is 10.1 Å². The van der Waals surface area contributed by atoms with Crippen LogP contribution in [0.25, 0.3) is 0 Å². The van der Waals surface area contributed by atoms with Gasteiger partial charge in [0.05, 0.1) is 24.8 Å². The van der Waals surface area contributed by atoms with Gasteiger partial charge >= 0.3 is 0 Å². The maximum atomic E-state index is 12.1. The minimum atomic E-state index is -0.222. The molecule has 0 fully saturated rings. The fourth-order valence-corrected chi connectivity index (χ4v) is 2.44. The van der Waals surface area contributed by atoms with Gasteiger partial charge in [-0.2, -0.15) is 0 Å². The zero-order valence-electron chi connectivity index (χ0n) is 12.0. The molecule has 1 aromatic carbocycles. The van der Waals surface area contributed by atoms with Crippen LogP contribution in [0, 0.1) is 0 Å². The largest absolute Gasteiger partial charge is 0.494 e. The second-order valence-electron chi connectivity index (χ2n) is 4.36. The topological polar surface area (TPSA) is 60.5 Å². The van der Waals surface area contributed by atoms with Gasteiger partial charge in [-0.3, -0.25) is 4.79 Å². The van der Waals surface area contributed by atoms with Crippen molar-refractivity contribution >= 4 is 17.2 Å². The number of thiazole rings is 1. The van der Waals surface area contributed by atoms with Crippen LogP contribution in [-0.2, 0) is 4.74 Å². The fraction of sp³-hybridized carbons (Fsp3) is 0.333. The Kier molecular flexibility index (Phi) is 5.71. The molecule has 21 heavy (non-hydrogen) atoms. The number of nitrogens with zero attached hydrogens (tertiary/aromatic N) is 1. The summed E-state index contributed by atoms with van der Waals surface area (Å²) in [5.74, 6) is 0.607. The van der Waals surface area contributed by atoms with E-state index in [2.05, 4.69) is 10.3 Å². The average Bonchev–Trinajstić information content (AvgIpc) is 3.02. The van der Waals surface area contributed by atoms with Crippen LogP contribution in [0.1, 0.15) is 29.0 Å². The summed E-state index contributed by atoms with van der Waals surface area (Å²) < 4.78 is 10.6. The van der Waals surface area contributed by atoms with Gasteiger partial charge in [0.2, 0.25) is 0 Å². The first kappa shape index (κ1) is 15.5. The van der Waals surface area contributed by atoms with E-state index < -0.39 is 0 Å². The molecule has 6 heteroatoms. The number of hydrogen-bond donors (Lipinski definition) is 1. The van der Waals surface area contributed by atoms with E-state index in [1.165, 1.54) is 11.3 Å². The second kappa shape index (κ2) is 7.75. The lowest BCUT2D eigenvalue weighted by Gasteiger charge is -2.18. The van der Waals surface area contributed by atoms with E-state index in [4.69, 9.17) is 9.47 Å². The van der Waals surface area contributed by atoms with Gasteiger partial charge in [0, 0.05) is 12.5 Å². The molecule has 0 aliphatic rings. The highest BCUT2D eigenvalue weighted by Gasteiger charge is 2.17. The van der Waals surface area contributed by atoms with Crippen molar-refractivity contribution in [1.29, 1.82) is 0 Å². The SMILES string of the molecule is CCOc1ccc([C@@H](COC)NC(=O)c2cscn2)cc1. The number of benzene rings is 1. The molecule has 1 amide bonds. The molecule has 0 saturated heterocycles. The van der Waals surface area contributed by atoms with Crippen molar-refractivity contribution < 1.29 is 14.3 Å². The molecule has 1 N–H and O–H groups in total. The smallest absolute Gasteiger partial charge is 0.271 e. The Morgan fingerprint density at radius 3 is 2.71 bits per heavy atom. The van der Waals surface area contributed by atoms with Gasteiger partial charge in [-0.25, -0.2) is 4.98 Å². The molecule has 0 radical (unpaired) electrons. The van der Waals surface area contributed by atoms with E-state index in [0.29, 0.717) is 18.9 Å². The van der Waals surface area contributed by atoms with E-state index in [1.54, 1.807) is 18.0 Å². The number of aromatic nitrogens is 1. The third-order valence-electron chi connectivity index (χ3n) is 2.90. The van der Waals surface area contributed by atoms with Gasteiger partial charge < -0.3 is 14.8 Å². The quantitative estimate of drug-likeness (QED) is 0.854. The lowest BCUT2D eigenvalue weighted by molar-refractivity contribution is 0.0892. The van der Waals surface area contributed by atoms with E-state index >= 15 is 0 Å². The number of rotatable bonds is 7. The first-order valence-electron chi connectivity index (χ1n) is 6.65. The first-order valence-corrected chi connectivity index (χ1v) is 7.59. The molecule has 1 aromatic heterocycles. The molecule has 0 aliphatic heterocycles. The molecule has 0 bridgehead atoms. The van der Waals surface area contributed by atoms with E-state index in [9.17, 15) is 4.79 Å². The number of carbonyl (C=O) groups excluding carboxylic acids is 1. The van der Waals surface area contributed by atoms with Crippen LogP contribution in [0.15, 0.2) is 35.2 Å². The highest BCUT2D eigenvalue weighted by atomic mass is 32.1. The Morgan fingerprint density at radius 2 is 2.14 bits per heavy atom. The number of carbonyl (C=O) groups is 1. The highest BCUT2D eigenvalue weighted by Crippen LogP contribution is 2.19. The molecule has 2 aromatic rings. The number of methoxy groups -OCH3 is 1. The minimum absolute atomic E-state index is 0.202. The lowest BCUT2D eigenvalue weighted by Crippen LogP contribution is -2.31. The van der Waals surface area contributed by atoms with Gasteiger partial charge in [-0.15, -0.1) is 11.3 Å². The number of amides is 1. The Balaban J connectivity index is 2.09. The average molecular weight is 306 g/mol. The van der Waals surface area contributed by atoms with Gasteiger partial charge in [0.1, 0.15) is 11.4 Å². The maximum Gasteiger partial charge on any atom is 0.271 e. The predicted molar refractivity (Wildman–Crippen MR) is 81.8 cm³/mol. The van der Waals surface area contributed by atoms with Crippen LogP contribution in [0.2, 0.25) is 0 Å². The Labute approximate surface area is 127 Å². The van der Waals surface area contributed by atoms with E-state index in [1.807, 2.05) is 31.2 Å². The number of ether oxygens (including phenoxy) is 2. The molecule has 0 unspecified atom stereocenters. The fourth-order valence-electron chi connectivity index (χ4n) is 1.91. The molecule has 0 aliphatic carbocycles. The summed E-state index contributed by atoms with van der Waals surface area (Å²) in [5.41, 5.74) is 3.02. The summed E-state index contributed by atoms with van der Waals surface area (Å²) in [6.07, 6.45) is 0. The molecule has 0 saturated carbocycles. The summed E-state index contributed by atoms with van der Waals surface area (Å²) in [6.45, 7) is 2.96. The zero-order valence-corrected chi connectivity index (χ0v) is 12.9. The van der Waals surface area contributed by atoms with E-state index in [-0.39, 0.29) is 11.9 Å². The second-order valence-corrected chi connectivity index (χ2v) is 5.08. The molecule has 112 valence electrons. The zero-order chi connectivity index (χ0) is 15.1. The van der Waals surface area contributed by atoms with Crippen molar-refractivity contribution in [1.82, 2.24) is 10.3 Å². The molecular formula is C15H18N2O3S. The van der Waals surface area contributed by atoms with Crippen molar-refractivity contribution in [2.75, 3.05) is 20.3 Å². The first-order chi connectivity index (χ1) is 10.2. The van der Waals surface area contributed by atoms with Gasteiger partial charge in [-0.1, -0.05) is 12.1 Å². The minimum Gasteiger partial charge on any atom is -0.494 e. The predicted octanol–water partition coefficient (Wildman–Crippen LogP) is 2.66. The van der Waals surface area contributed by atoms with E-state index in [0.717, 1.165) is 11.3 Å². The van der Waals surface area contributed by atoms with Crippen LogP contribution in [-0.4, -0.2) is 31.2 Å². The summed E-state index contributed by atoms with van der Waals surface area (Å²) in [6, 6.07) is 7.40. The van der Waals surface area contributed by atoms with Gasteiger partial charge in [0.25, 0.3) is 5.91 Å². The third kappa shape index (κ3) is 4.27. The van der Waals surface area contributed by atoms with Gasteiger partial charge in [0.15, 0.2) is 0 Å². The summed E-state index contributed by atoms with van der Waals surface area (Å²) in [7, 11) is 1.61. The summed E-state index contributed by atoms with van der Waals surface area (Å²) in [5, 5.41) is 4.65. The van der Waals surface area contributed by atoms with Crippen LogP contribution >= 0.6 is 11.3 Å². The Morgan fingerprint density at radius 1 is 1.38 bits per heavy atom. The molecule has 2 rings (SSSR count). The molecule has 1 heterocycles.